The van der Waals surface area contributed by atoms with Gasteiger partial charge in [0.1, 0.15) is 0 Å². The molecule has 0 saturated carbocycles. The quantitative estimate of drug-likeness (QED) is 0.305. The molecular formula is C19H41NO3. The van der Waals surface area contributed by atoms with Crippen LogP contribution in [-0.4, -0.2) is 32.3 Å². The van der Waals surface area contributed by atoms with Crippen LogP contribution in [0.1, 0.15) is 85.5 Å². The maximum Gasteiger partial charge on any atom is 0.282 e. The summed E-state index contributed by atoms with van der Waals surface area (Å²) in [5.74, 6) is 0.0136. The molecule has 0 aromatic rings. The normalized spacial score (nSPS) is 13.4. The number of rotatable bonds is 17. The largest absolute Gasteiger partial charge is 0.330 e. The Hall–Kier alpha value is -0.160. The fourth-order valence-electron chi connectivity index (χ4n) is 3.20. The van der Waals surface area contributed by atoms with Gasteiger partial charge in [-0.25, -0.2) is 0 Å². The van der Waals surface area contributed by atoms with Crippen molar-refractivity contribution in [2.45, 2.75) is 91.5 Å². The highest BCUT2D eigenvalue weighted by atomic mass is 16.9. The molecule has 1 unspecified atom stereocenters. The van der Waals surface area contributed by atoms with Crippen LogP contribution in [0.3, 0.4) is 0 Å². The first-order chi connectivity index (χ1) is 11.2. The molecule has 0 rings (SSSR count). The van der Waals surface area contributed by atoms with Gasteiger partial charge in [-0.1, -0.05) is 39.0 Å². The average Bonchev–Trinajstić information content (AvgIpc) is 2.53. The average molecular weight is 332 g/mol. The highest BCUT2D eigenvalue weighted by Gasteiger charge is 2.31. The number of ether oxygens (including phenoxy) is 3. The first kappa shape index (κ1) is 22.8. The van der Waals surface area contributed by atoms with E-state index in [1.54, 1.807) is 0 Å². The fraction of sp³-hybridized carbons (Fsp3) is 1.00. The van der Waals surface area contributed by atoms with Crippen molar-refractivity contribution in [1.82, 2.24) is 0 Å². The summed E-state index contributed by atoms with van der Waals surface area (Å²) < 4.78 is 17.3. The second kappa shape index (κ2) is 15.4. The molecule has 0 aliphatic heterocycles. The van der Waals surface area contributed by atoms with Crippen LogP contribution in [0.5, 0.6) is 0 Å². The number of unbranched alkanes of at least 4 members (excludes halogenated alkanes) is 2. The Morgan fingerprint density at radius 3 is 1.78 bits per heavy atom. The van der Waals surface area contributed by atoms with Crippen LogP contribution < -0.4 is 5.73 Å². The van der Waals surface area contributed by atoms with E-state index >= 15 is 0 Å². The molecule has 0 radical (unpaired) electrons. The predicted octanol–water partition coefficient (Wildman–Crippen LogP) is 4.86. The van der Waals surface area contributed by atoms with E-state index in [1.165, 1.54) is 38.5 Å². The summed E-state index contributed by atoms with van der Waals surface area (Å²) in [6, 6.07) is 0. The highest BCUT2D eigenvalue weighted by molar-refractivity contribution is 4.63. The zero-order chi connectivity index (χ0) is 17.4. The third kappa shape index (κ3) is 11.1. The lowest BCUT2D eigenvalue weighted by Crippen LogP contribution is -2.39. The van der Waals surface area contributed by atoms with E-state index in [2.05, 4.69) is 6.92 Å². The molecule has 23 heavy (non-hydrogen) atoms. The summed E-state index contributed by atoms with van der Waals surface area (Å²) in [7, 11) is 0. The Kier molecular flexibility index (Phi) is 15.3. The molecule has 0 heterocycles. The summed E-state index contributed by atoms with van der Waals surface area (Å²) in [5, 5.41) is 0. The molecule has 0 aliphatic carbocycles. The first-order valence-corrected chi connectivity index (χ1v) is 9.79. The minimum absolute atomic E-state index is 0.609. The first-order valence-electron chi connectivity index (χ1n) is 9.79. The standard InChI is InChI=1S/C19H41NO3/c1-5-13-18(15-12-17-20)14-10-9-11-16-19(21-6-2,22-7-3)23-8-4/h18H,5-17,20H2,1-4H3. The van der Waals surface area contributed by atoms with Gasteiger partial charge < -0.3 is 19.9 Å². The van der Waals surface area contributed by atoms with Gasteiger partial charge in [-0.3, -0.25) is 0 Å². The summed E-state index contributed by atoms with van der Waals surface area (Å²) >= 11 is 0. The SMILES string of the molecule is CCCC(CCCN)CCCCCC(OCC)(OCC)OCC. The Labute approximate surface area is 144 Å². The molecule has 0 bridgehead atoms. The smallest absolute Gasteiger partial charge is 0.282 e. The van der Waals surface area contributed by atoms with E-state index in [-0.39, 0.29) is 0 Å². The predicted molar refractivity (Wildman–Crippen MR) is 97.4 cm³/mol. The lowest BCUT2D eigenvalue weighted by atomic mass is 9.92. The van der Waals surface area contributed by atoms with Crippen molar-refractivity contribution in [2.75, 3.05) is 26.4 Å². The molecule has 0 aromatic heterocycles. The Bertz CT molecular complexity index is 232. The van der Waals surface area contributed by atoms with Gasteiger partial charge in [0, 0.05) is 26.2 Å². The van der Waals surface area contributed by atoms with E-state index in [0.717, 1.165) is 31.7 Å². The molecule has 4 heteroatoms. The molecular weight excluding hydrogens is 290 g/mol. The second-order valence-electron chi connectivity index (χ2n) is 6.17. The van der Waals surface area contributed by atoms with Crippen LogP contribution in [0.2, 0.25) is 0 Å². The summed E-state index contributed by atoms with van der Waals surface area (Å²) in [5.41, 5.74) is 5.64. The second-order valence-corrected chi connectivity index (χ2v) is 6.17. The van der Waals surface area contributed by atoms with Crippen molar-refractivity contribution in [3.05, 3.63) is 0 Å². The van der Waals surface area contributed by atoms with Gasteiger partial charge in [-0.15, -0.1) is 0 Å². The minimum atomic E-state index is -0.833. The zero-order valence-electron chi connectivity index (χ0n) is 16.1. The van der Waals surface area contributed by atoms with Crippen LogP contribution in [-0.2, 0) is 14.2 Å². The van der Waals surface area contributed by atoms with E-state index in [9.17, 15) is 0 Å². The van der Waals surface area contributed by atoms with Gasteiger partial charge in [0.2, 0.25) is 0 Å². The molecule has 4 nitrogen and oxygen atoms in total. The summed E-state index contributed by atoms with van der Waals surface area (Å²) in [6.45, 7) is 10.9. The van der Waals surface area contributed by atoms with Crippen LogP contribution >= 0.6 is 0 Å². The van der Waals surface area contributed by atoms with Crippen LogP contribution in [0.15, 0.2) is 0 Å². The molecule has 140 valence electrons. The molecule has 0 aliphatic rings. The maximum absolute atomic E-state index is 5.77. The summed E-state index contributed by atoms with van der Waals surface area (Å²) in [4.78, 5) is 0. The maximum atomic E-state index is 5.77. The van der Waals surface area contributed by atoms with Crippen molar-refractivity contribution < 1.29 is 14.2 Å². The third-order valence-corrected chi connectivity index (χ3v) is 4.20. The van der Waals surface area contributed by atoms with E-state index in [1.807, 2.05) is 20.8 Å². The fourth-order valence-corrected chi connectivity index (χ4v) is 3.20. The molecule has 0 fully saturated rings. The van der Waals surface area contributed by atoms with E-state index < -0.39 is 5.97 Å². The lowest BCUT2D eigenvalue weighted by Gasteiger charge is -2.32. The molecule has 1 atom stereocenters. The topological polar surface area (TPSA) is 53.7 Å². The lowest BCUT2D eigenvalue weighted by molar-refractivity contribution is -0.380. The van der Waals surface area contributed by atoms with E-state index in [4.69, 9.17) is 19.9 Å². The monoisotopic (exact) mass is 331 g/mol. The van der Waals surface area contributed by atoms with Crippen LogP contribution in [0.25, 0.3) is 0 Å². The molecule has 0 aromatic carbocycles. The summed E-state index contributed by atoms with van der Waals surface area (Å²) in [6.07, 6.45) is 10.7. The van der Waals surface area contributed by atoms with Gasteiger partial charge >= 0.3 is 0 Å². The van der Waals surface area contributed by atoms with Gasteiger partial charge in [0.15, 0.2) is 0 Å². The van der Waals surface area contributed by atoms with Crippen LogP contribution in [0, 0.1) is 5.92 Å². The number of hydrogen-bond donors (Lipinski definition) is 1. The van der Waals surface area contributed by atoms with Crippen molar-refractivity contribution in [1.29, 1.82) is 0 Å². The van der Waals surface area contributed by atoms with Gasteiger partial charge in [-0.2, -0.15) is 0 Å². The van der Waals surface area contributed by atoms with Crippen LogP contribution in [0.4, 0.5) is 0 Å². The number of nitrogens with two attached hydrogens (primary N) is 1. The zero-order valence-corrected chi connectivity index (χ0v) is 16.1. The molecule has 2 N–H and O–H groups in total. The van der Waals surface area contributed by atoms with Crippen molar-refractivity contribution in [2.24, 2.45) is 11.7 Å². The Balaban J connectivity index is 4.11. The Morgan fingerprint density at radius 2 is 1.30 bits per heavy atom. The van der Waals surface area contributed by atoms with Gasteiger partial charge in [0.05, 0.1) is 0 Å². The molecule has 0 spiro atoms. The molecule has 0 amide bonds. The minimum Gasteiger partial charge on any atom is -0.330 e. The molecule has 0 saturated heterocycles. The van der Waals surface area contributed by atoms with Gasteiger partial charge in [0.25, 0.3) is 5.97 Å². The van der Waals surface area contributed by atoms with Crippen molar-refractivity contribution >= 4 is 0 Å². The highest BCUT2D eigenvalue weighted by Crippen LogP contribution is 2.25. The third-order valence-electron chi connectivity index (χ3n) is 4.20. The number of hydrogen-bond acceptors (Lipinski definition) is 4. The van der Waals surface area contributed by atoms with Crippen molar-refractivity contribution in [3.63, 3.8) is 0 Å². The Morgan fingerprint density at radius 1 is 0.739 bits per heavy atom. The van der Waals surface area contributed by atoms with E-state index in [0.29, 0.717) is 19.8 Å². The van der Waals surface area contributed by atoms with Crippen molar-refractivity contribution in [3.8, 4) is 0 Å². The van der Waals surface area contributed by atoms with Gasteiger partial charge in [-0.05, 0) is 52.5 Å².